The zero-order chi connectivity index (χ0) is 16.1. The molecule has 0 spiro atoms. The number of hydrogen-bond donors (Lipinski definition) is 0. The normalized spacial score (nSPS) is 10.5. The summed E-state index contributed by atoms with van der Waals surface area (Å²) < 4.78 is 0. The summed E-state index contributed by atoms with van der Waals surface area (Å²) in [6, 6.07) is 28.0. The summed E-state index contributed by atoms with van der Waals surface area (Å²) in [5.74, 6) is 0. The average Bonchev–Trinajstić information content (AvgIpc) is 2.57. The highest BCUT2D eigenvalue weighted by Crippen LogP contribution is 2.35. The zero-order valence-electron chi connectivity index (χ0n) is 13.9. The highest BCUT2D eigenvalue weighted by atomic mass is 15.1. The molecule has 0 atom stereocenters. The molecule has 3 rings (SSSR count). The van der Waals surface area contributed by atoms with Gasteiger partial charge in [0.1, 0.15) is 0 Å². The topological polar surface area (TPSA) is 3.24 Å². The van der Waals surface area contributed by atoms with Gasteiger partial charge in [-0.15, -0.1) is 0 Å². The van der Waals surface area contributed by atoms with Crippen molar-refractivity contribution in [3.05, 3.63) is 90.0 Å². The minimum atomic E-state index is 1.12. The molecule has 0 aliphatic carbocycles. The zero-order valence-corrected chi connectivity index (χ0v) is 13.9. The van der Waals surface area contributed by atoms with E-state index in [9.17, 15) is 0 Å². The molecule has 0 fully saturated rings. The highest BCUT2D eigenvalue weighted by Gasteiger charge is 2.12. The van der Waals surface area contributed by atoms with Crippen molar-refractivity contribution in [1.82, 2.24) is 0 Å². The third kappa shape index (κ3) is 3.62. The Hall–Kier alpha value is -2.54. The monoisotopic (exact) mass is 301 g/mol. The van der Waals surface area contributed by atoms with Crippen LogP contribution >= 0.6 is 0 Å². The van der Waals surface area contributed by atoms with E-state index in [-0.39, 0.29) is 0 Å². The number of hydrogen-bond acceptors (Lipinski definition) is 1. The van der Waals surface area contributed by atoms with Crippen LogP contribution < -0.4 is 4.90 Å². The Morgan fingerprint density at radius 1 is 0.696 bits per heavy atom. The van der Waals surface area contributed by atoms with Crippen LogP contribution in [0.3, 0.4) is 0 Å². The van der Waals surface area contributed by atoms with Crippen LogP contribution in [0.5, 0.6) is 0 Å². The van der Waals surface area contributed by atoms with Gasteiger partial charge >= 0.3 is 0 Å². The highest BCUT2D eigenvalue weighted by molar-refractivity contribution is 5.76. The van der Waals surface area contributed by atoms with Crippen molar-refractivity contribution < 1.29 is 0 Å². The second-order valence-electron chi connectivity index (χ2n) is 5.93. The van der Waals surface area contributed by atoms with Crippen molar-refractivity contribution in [2.24, 2.45) is 0 Å². The van der Waals surface area contributed by atoms with Crippen molar-refractivity contribution in [2.75, 3.05) is 4.90 Å². The molecular weight excluding hydrogens is 278 g/mol. The molecule has 0 saturated heterocycles. The van der Waals surface area contributed by atoms with E-state index in [4.69, 9.17) is 0 Å². The van der Waals surface area contributed by atoms with Crippen LogP contribution in [0.2, 0.25) is 0 Å². The Labute approximate surface area is 139 Å². The summed E-state index contributed by atoms with van der Waals surface area (Å²) in [4.78, 5) is 2.33. The van der Waals surface area contributed by atoms with E-state index in [1.54, 1.807) is 0 Å². The Morgan fingerprint density at radius 3 is 1.78 bits per heavy atom. The lowest BCUT2D eigenvalue weighted by atomic mass is 10.0. The van der Waals surface area contributed by atoms with Crippen LogP contribution in [-0.2, 0) is 6.42 Å². The maximum Gasteiger partial charge on any atom is 0.0466 e. The van der Waals surface area contributed by atoms with E-state index in [2.05, 4.69) is 97.6 Å². The summed E-state index contributed by atoms with van der Waals surface area (Å²) in [5.41, 5.74) is 6.31. The van der Waals surface area contributed by atoms with Crippen molar-refractivity contribution >= 4 is 17.1 Å². The predicted octanol–water partition coefficient (Wildman–Crippen LogP) is 6.42. The molecule has 1 heteroatoms. The van der Waals surface area contributed by atoms with E-state index in [1.807, 2.05) is 0 Å². The first-order chi connectivity index (χ1) is 11.3. The Kier molecular flexibility index (Phi) is 4.77. The van der Waals surface area contributed by atoms with Crippen LogP contribution in [0.1, 0.15) is 24.5 Å². The molecule has 0 bridgehead atoms. The smallest absolute Gasteiger partial charge is 0.0466 e. The number of para-hydroxylation sites is 2. The molecule has 0 aromatic heterocycles. The molecule has 0 heterocycles. The summed E-state index contributed by atoms with van der Waals surface area (Å²) >= 11 is 0. The largest absolute Gasteiger partial charge is 0.310 e. The first kappa shape index (κ1) is 15.4. The standard InChI is InChI=1S/C22H23N/c1-3-10-19-15-18(2)16-22(17-19)23(20-11-6-4-7-12-20)21-13-8-5-9-14-21/h4-9,11-17H,3,10H2,1-2H3. The molecular formula is C22H23N. The van der Waals surface area contributed by atoms with Gasteiger partial charge in [0.25, 0.3) is 0 Å². The molecule has 0 saturated carbocycles. The number of anilines is 3. The van der Waals surface area contributed by atoms with E-state index in [0.29, 0.717) is 0 Å². The first-order valence-corrected chi connectivity index (χ1v) is 8.28. The second kappa shape index (κ2) is 7.15. The molecule has 0 aliphatic heterocycles. The number of rotatable bonds is 5. The van der Waals surface area contributed by atoms with Gasteiger partial charge in [0, 0.05) is 17.1 Å². The molecule has 3 aromatic carbocycles. The number of nitrogens with zero attached hydrogens (tertiary/aromatic N) is 1. The third-order valence-corrected chi connectivity index (χ3v) is 3.95. The fourth-order valence-corrected chi connectivity index (χ4v) is 3.00. The van der Waals surface area contributed by atoms with Crippen LogP contribution in [0, 0.1) is 6.92 Å². The van der Waals surface area contributed by atoms with E-state index < -0.39 is 0 Å². The molecule has 116 valence electrons. The minimum absolute atomic E-state index is 1.12. The molecule has 0 radical (unpaired) electrons. The second-order valence-corrected chi connectivity index (χ2v) is 5.93. The van der Waals surface area contributed by atoms with Gasteiger partial charge in [-0.25, -0.2) is 0 Å². The van der Waals surface area contributed by atoms with Crippen molar-refractivity contribution in [2.45, 2.75) is 26.7 Å². The Balaban J connectivity index is 2.13. The van der Waals surface area contributed by atoms with Crippen LogP contribution in [0.4, 0.5) is 17.1 Å². The molecule has 0 unspecified atom stereocenters. The lowest BCUT2D eigenvalue weighted by Crippen LogP contribution is -2.10. The van der Waals surface area contributed by atoms with Gasteiger partial charge in [-0.3, -0.25) is 0 Å². The van der Waals surface area contributed by atoms with Gasteiger partial charge in [0.05, 0.1) is 0 Å². The Bertz CT molecular complexity index is 708. The summed E-state index contributed by atoms with van der Waals surface area (Å²) in [5, 5.41) is 0. The maximum atomic E-state index is 2.33. The fraction of sp³-hybridized carbons (Fsp3) is 0.182. The molecule has 3 aromatic rings. The van der Waals surface area contributed by atoms with Gasteiger partial charge in [0.15, 0.2) is 0 Å². The van der Waals surface area contributed by atoms with Crippen LogP contribution in [0.25, 0.3) is 0 Å². The maximum absolute atomic E-state index is 2.33. The molecule has 1 nitrogen and oxygen atoms in total. The number of benzene rings is 3. The predicted molar refractivity (Wildman–Crippen MR) is 99.9 cm³/mol. The van der Waals surface area contributed by atoms with Gasteiger partial charge in [-0.1, -0.05) is 55.8 Å². The quantitative estimate of drug-likeness (QED) is 0.525. The lowest BCUT2D eigenvalue weighted by molar-refractivity contribution is 0.919. The van der Waals surface area contributed by atoms with E-state index >= 15 is 0 Å². The molecule has 0 N–H and O–H groups in total. The van der Waals surface area contributed by atoms with E-state index in [1.165, 1.54) is 34.6 Å². The SMILES string of the molecule is CCCc1cc(C)cc(N(c2ccccc2)c2ccccc2)c1. The minimum Gasteiger partial charge on any atom is -0.310 e. The van der Waals surface area contributed by atoms with E-state index in [0.717, 1.165) is 6.42 Å². The first-order valence-electron chi connectivity index (χ1n) is 8.28. The summed E-state index contributed by atoms with van der Waals surface area (Å²) in [7, 11) is 0. The van der Waals surface area contributed by atoms with Crippen molar-refractivity contribution in [1.29, 1.82) is 0 Å². The van der Waals surface area contributed by atoms with Gasteiger partial charge in [0.2, 0.25) is 0 Å². The fourth-order valence-electron chi connectivity index (χ4n) is 3.00. The summed E-state index contributed by atoms with van der Waals surface area (Å²) in [6.07, 6.45) is 2.28. The average molecular weight is 301 g/mol. The van der Waals surface area contributed by atoms with Gasteiger partial charge in [-0.2, -0.15) is 0 Å². The van der Waals surface area contributed by atoms with Gasteiger partial charge in [-0.05, 0) is 60.9 Å². The molecule has 0 aliphatic rings. The number of aryl methyl sites for hydroxylation is 2. The van der Waals surface area contributed by atoms with Crippen LogP contribution in [0.15, 0.2) is 78.9 Å². The third-order valence-electron chi connectivity index (χ3n) is 3.95. The lowest BCUT2D eigenvalue weighted by Gasteiger charge is -2.26. The van der Waals surface area contributed by atoms with Crippen molar-refractivity contribution in [3.63, 3.8) is 0 Å². The Morgan fingerprint density at radius 2 is 1.26 bits per heavy atom. The van der Waals surface area contributed by atoms with Crippen LogP contribution in [-0.4, -0.2) is 0 Å². The summed E-state index contributed by atoms with van der Waals surface area (Å²) in [6.45, 7) is 4.41. The molecule has 23 heavy (non-hydrogen) atoms. The van der Waals surface area contributed by atoms with Crippen molar-refractivity contribution in [3.8, 4) is 0 Å². The molecule has 0 amide bonds. The van der Waals surface area contributed by atoms with Gasteiger partial charge < -0.3 is 4.90 Å².